The molecule has 0 saturated carbocycles. The summed E-state index contributed by atoms with van der Waals surface area (Å²) in [6.45, 7) is 0.398. The molecule has 4 nitrogen and oxygen atoms in total. The third-order valence-corrected chi connectivity index (χ3v) is 2.79. The van der Waals surface area contributed by atoms with Crippen LogP contribution in [-0.2, 0) is 6.61 Å². The molecule has 0 atom stereocenters. The number of hydrogen-bond donors (Lipinski definition) is 0. The summed E-state index contributed by atoms with van der Waals surface area (Å²) < 4.78 is 29.2. The summed E-state index contributed by atoms with van der Waals surface area (Å²) in [6, 6.07) is 6.55. The topological polar surface area (TPSA) is 40.6 Å². The maximum atomic E-state index is 13.5. The van der Waals surface area contributed by atoms with Crippen LogP contribution in [0.2, 0.25) is 5.02 Å². The molecule has 0 unspecified atom stereocenters. The predicted molar refractivity (Wildman–Crippen MR) is 66.1 cm³/mol. The lowest BCUT2D eigenvalue weighted by Crippen LogP contribution is -1.99. The van der Waals surface area contributed by atoms with Crippen molar-refractivity contribution < 1.29 is 18.6 Å². The summed E-state index contributed by atoms with van der Waals surface area (Å²) in [7, 11) is 0. The number of nitrogens with zero attached hydrogens (tertiary/aromatic N) is 1. The molecule has 0 fully saturated rings. The fourth-order valence-corrected chi connectivity index (χ4v) is 1.84. The van der Waals surface area contributed by atoms with E-state index in [4.69, 9.17) is 25.8 Å². The molecular weight excluding hydrogens is 273 g/mol. The third-order valence-electron chi connectivity index (χ3n) is 2.59. The molecular formula is C13H9ClFNO3. The van der Waals surface area contributed by atoms with Gasteiger partial charge in [0.15, 0.2) is 17.3 Å². The van der Waals surface area contributed by atoms with E-state index in [0.29, 0.717) is 11.5 Å². The average molecular weight is 282 g/mol. The van der Waals surface area contributed by atoms with E-state index < -0.39 is 5.82 Å². The number of benzene rings is 1. The van der Waals surface area contributed by atoms with E-state index in [1.165, 1.54) is 6.20 Å². The summed E-state index contributed by atoms with van der Waals surface area (Å²) in [6.07, 6.45) is 1.33. The van der Waals surface area contributed by atoms with E-state index >= 15 is 0 Å². The zero-order valence-corrected chi connectivity index (χ0v) is 10.5. The Morgan fingerprint density at radius 1 is 1.26 bits per heavy atom. The molecule has 0 N–H and O–H groups in total. The molecule has 98 valence electrons. The minimum atomic E-state index is -0.590. The van der Waals surface area contributed by atoms with Gasteiger partial charge in [-0.3, -0.25) is 0 Å². The Kier molecular flexibility index (Phi) is 3.13. The second-order valence-electron chi connectivity index (χ2n) is 3.92. The van der Waals surface area contributed by atoms with Crippen molar-refractivity contribution in [2.75, 3.05) is 6.79 Å². The standard InChI is InChI=1S/C13H9ClFNO3/c14-9-4-10(15)13(16-5-9)17-6-8-1-2-11-12(3-8)19-7-18-11/h1-5H,6-7H2. The van der Waals surface area contributed by atoms with Gasteiger partial charge in [-0.1, -0.05) is 17.7 Å². The van der Waals surface area contributed by atoms with Crippen LogP contribution >= 0.6 is 11.6 Å². The van der Waals surface area contributed by atoms with E-state index in [0.717, 1.165) is 11.6 Å². The fourth-order valence-electron chi connectivity index (χ4n) is 1.69. The van der Waals surface area contributed by atoms with Gasteiger partial charge in [-0.2, -0.15) is 0 Å². The van der Waals surface area contributed by atoms with Crippen LogP contribution < -0.4 is 14.2 Å². The van der Waals surface area contributed by atoms with E-state index in [1.807, 2.05) is 6.07 Å². The minimum absolute atomic E-state index is 0.0814. The largest absolute Gasteiger partial charge is 0.471 e. The second-order valence-corrected chi connectivity index (χ2v) is 4.35. The Hall–Kier alpha value is -2.01. The van der Waals surface area contributed by atoms with Gasteiger partial charge in [0.05, 0.1) is 5.02 Å². The highest BCUT2D eigenvalue weighted by Gasteiger charge is 2.14. The summed E-state index contributed by atoms with van der Waals surface area (Å²) in [5.41, 5.74) is 0.834. The first-order valence-corrected chi connectivity index (χ1v) is 5.92. The first-order valence-electron chi connectivity index (χ1n) is 5.55. The van der Waals surface area contributed by atoms with Gasteiger partial charge in [-0.15, -0.1) is 0 Å². The number of halogens is 2. The lowest BCUT2D eigenvalue weighted by atomic mass is 10.2. The quantitative estimate of drug-likeness (QED) is 0.866. The molecule has 0 saturated heterocycles. The minimum Gasteiger partial charge on any atom is -0.471 e. The SMILES string of the molecule is Fc1cc(Cl)cnc1OCc1ccc2c(c1)OCO2. The monoisotopic (exact) mass is 281 g/mol. The van der Waals surface area contributed by atoms with E-state index in [2.05, 4.69) is 4.98 Å². The number of pyridine rings is 1. The Morgan fingerprint density at radius 3 is 2.95 bits per heavy atom. The summed E-state index contributed by atoms with van der Waals surface area (Å²) in [4.78, 5) is 3.78. The van der Waals surface area contributed by atoms with Gasteiger partial charge >= 0.3 is 0 Å². The molecule has 1 aromatic carbocycles. The highest BCUT2D eigenvalue weighted by molar-refractivity contribution is 6.30. The normalized spacial score (nSPS) is 12.5. The molecule has 19 heavy (non-hydrogen) atoms. The van der Waals surface area contributed by atoms with Crippen molar-refractivity contribution in [2.24, 2.45) is 0 Å². The van der Waals surface area contributed by atoms with Crippen molar-refractivity contribution in [1.82, 2.24) is 4.98 Å². The average Bonchev–Trinajstić information content (AvgIpc) is 2.85. The zero-order valence-electron chi connectivity index (χ0n) is 9.73. The second kappa shape index (κ2) is 4.93. The maximum absolute atomic E-state index is 13.5. The van der Waals surface area contributed by atoms with E-state index in [-0.39, 0.29) is 24.3 Å². The molecule has 0 aliphatic carbocycles. The van der Waals surface area contributed by atoms with Crippen molar-refractivity contribution >= 4 is 11.6 Å². The van der Waals surface area contributed by atoms with Crippen molar-refractivity contribution in [2.45, 2.75) is 6.61 Å². The fraction of sp³-hybridized carbons (Fsp3) is 0.154. The Morgan fingerprint density at radius 2 is 2.11 bits per heavy atom. The van der Waals surface area contributed by atoms with Gasteiger partial charge in [0.2, 0.25) is 6.79 Å². The van der Waals surface area contributed by atoms with Crippen molar-refractivity contribution in [3.63, 3.8) is 0 Å². The van der Waals surface area contributed by atoms with Crippen LogP contribution in [0.5, 0.6) is 17.4 Å². The van der Waals surface area contributed by atoms with Gasteiger partial charge in [-0.05, 0) is 23.8 Å². The van der Waals surface area contributed by atoms with Gasteiger partial charge in [-0.25, -0.2) is 9.37 Å². The Balaban J connectivity index is 1.72. The molecule has 0 bridgehead atoms. The lowest BCUT2D eigenvalue weighted by Gasteiger charge is -2.07. The van der Waals surface area contributed by atoms with Gasteiger partial charge in [0, 0.05) is 6.20 Å². The van der Waals surface area contributed by atoms with E-state index in [1.54, 1.807) is 12.1 Å². The molecule has 6 heteroatoms. The Bertz CT molecular complexity index is 621. The predicted octanol–water partition coefficient (Wildman–Crippen LogP) is 3.18. The molecule has 0 spiro atoms. The van der Waals surface area contributed by atoms with Crippen molar-refractivity contribution in [3.8, 4) is 17.4 Å². The zero-order chi connectivity index (χ0) is 13.2. The van der Waals surface area contributed by atoms with Gasteiger partial charge in [0.25, 0.3) is 5.88 Å². The van der Waals surface area contributed by atoms with Crippen LogP contribution in [0.3, 0.4) is 0 Å². The molecule has 0 radical (unpaired) electrons. The van der Waals surface area contributed by atoms with Crippen LogP contribution in [0.1, 0.15) is 5.56 Å². The molecule has 0 amide bonds. The molecule has 2 aromatic rings. The molecule has 3 rings (SSSR count). The van der Waals surface area contributed by atoms with Crippen LogP contribution in [0.15, 0.2) is 30.5 Å². The highest BCUT2D eigenvalue weighted by Crippen LogP contribution is 2.32. The Labute approximate surface area is 113 Å². The third kappa shape index (κ3) is 2.56. The van der Waals surface area contributed by atoms with Crippen molar-refractivity contribution in [3.05, 3.63) is 46.9 Å². The number of rotatable bonds is 3. The smallest absolute Gasteiger partial charge is 0.250 e. The first-order chi connectivity index (χ1) is 9.22. The van der Waals surface area contributed by atoms with Crippen LogP contribution in [0.25, 0.3) is 0 Å². The van der Waals surface area contributed by atoms with Gasteiger partial charge < -0.3 is 14.2 Å². The molecule has 1 aliphatic heterocycles. The maximum Gasteiger partial charge on any atom is 0.250 e. The lowest BCUT2D eigenvalue weighted by molar-refractivity contribution is 0.174. The number of fused-ring (bicyclic) bond motifs is 1. The summed E-state index contributed by atoms with van der Waals surface area (Å²) in [5.74, 6) is 0.681. The number of ether oxygens (including phenoxy) is 3. The molecule has 1 aromatic heterocycles. The van der Waals surface area contributed by atoms with Gasteiger partial charge in [0.1, 0.15) is 6.61 Å². The summed E-state index contributed by atoms with van der Waals surface area (Å²) in [5, 5.41) is 0.230. The number of hydrogen-bond acceptors (Lipinski definition) is 4. The van der Waals surface area contributed by atoms with Crippen molar-refractivity contribution in [1.29, 1.82) is 0 Å². The van der Waals surface area contributed by atoms with Crippen LogP contribution in [0, 0.1) is 5.82 Å². The summed E-state index contributed by atoms with van der Waals surface area (Å²) >= 11 is 5.61. The first kappa shape index (κ1) is 12.0. The highest BCUT2D eigenvalue weighted by atomic mass is 35.5. The molecule has 2 heterocycles. The van der Waals surface area contributed by atoms with E-state index in [9.17, 15) is 4.39 Å². The van der Waals surface area contributed by atoms with Crippen LogP contribution in [-0.4, -0.2) is 11.8 Å². The molecule has 1 aliphatic rings. The van der Waals surface area contributed by atoms with Crippen LogP contribution in [0.4, 0.5) is 4.39 Å². The number of aromatic nitrogens is 1.